The Bertz CT molecular complexity index is 491. The minimum absolute atomic E-state index is 0.0227. The van der Waals surface area contributed by atoms with E-state index >= 15 is 0 Å². The lowest BCUT2D eigenvalue weighted by Gasteiger charge is -2.37. The fourth-order valence-corrected chi connectivity index (χ4v) is 2.90. The summed E-state index contributed by atoms with van der Waals surface area (Å²) < 4.78 is 19.3. The van der Waals surface area contributed by atoms with Crippen molar-refractivity contribution in [3.8, 4) is 0 Å². The van der Waals surface area contributed by atoms with Gasteiger partial charge in [-0.25, -0.2) is 4.39 Å². The molecule has 6 heteroatoms. The van der Waals surface area contributed by atoms with Crippen LogP contribution in [0.4, 0.5) is 4.39 Å². The molecule has 1 unspecified atom stereocenters. The number of hydrogen-bond donors (Lipinski definition) is 1. The molecule has 0 aromatic heterocycles. The molecule has 1 heterocycles. The van der Waals surface area contributed by atoms with Crippen LogP contribution in [0.3, 0.4) is 0 Å². The van der Waals surface area contributed by atoms with Gasteiger partial charge in [0.05, 0.1) is 17.7 Å². The van der Waals surface area contributed by atoms with Crippen LogP contribution in [0.2, 0.25) is 10.0 Å². The lowest BCUT2D eigenvalue weighted by atomic mass is 10.0. The number of rotatable bonds is 3. The number of nitrogens with zero attached hydrogens (tertiary/aromatic N) is 1. The van der Waals surface area contributed by atoms with Crippen molar-refractivity contribution in [1.82, 2.24) is 4.90 Å². The number of ether oxygens (including phenoxy) is 1. The molecule has 0 saturated carbocycles. The maximum absolute atomic E-state index is 13.6. The van der Waals surface area contributed by atoms with E-state index < -0.39 is 5.82 Å². The summed E-state index contributed by atoms with van der Waals surface area (Å²) in [6.45, 7) is 6.73. The lowest BCUT2D eigenvalue weighted by molar-refractivity contribution is -0.0347. The van der Waals surface area contributed by atoms with Gasteiger partial charge in [0.1, 0.15) is 5.82 Å². The van der Waals surface area contributed by atoms with Crippen LogP contribution in [-0.4, -0.2) is 36.7 Å². The molecule has 1 atom stereocenters. The third-order valence-corrected chi connectivity index (χ3v) is 3.79. The van der Waals surface area contributed by atoms with Crippen molar-refractivity contribution in [2.75, 3.05) is 26.2 Å². The van der Waals surface area contributed by atoms with Crippen LogP contribution in [0.1, 0.15) is 25.5 Å². The van der Waals surface area contributed by atoms with E-state index in [9.17, 15) is 4.39 Å². The van der Waals surface area contributed by atoms with Gasteiger partial charge < -0.3 is 10.5 Å². The number of halogens is 3. The van der Waals surface area contributed by atoms with Gasteiger partial charge in [-0.15, -0.1) is 0 Å². The summed E-state index contributed by atoms with van der Waals surface area (Å²) in [7, 11) is 0. The Kier molecular flexibility index (Phi) is 4.92. The van der Waals surface area contributed by atoms with Crippen molar-refractivity contribution in [2.45, 2.75) is 25.5 Å². The molecule has 1 aromatic carbocycles. The van der Waals surface area contributed by atoms with E-state index in [0.717, 1.165) is 13.1 Å². The Morgan fingerprint density at radius 2 is 2.10 bits per heavy atom. The largest absolute Gasteiger partial charge is 0.371 e. The Balaban J connectivity index is 2.15. The fraction of sp³-hybridized carbons (Fsp3) is 0.571. The van der Waals surface area contributed by atoms with Gasteiger partial charge in [-0.1, -0.05) is 23.2 Å². The SMILES string of the molecule is CC(C)(N)CN1CCOC(c2cc(F)c(Cl)cc2Cl)C1. The number of morpholine rings is 1. The van der Waals surface area contributed by atoms with Crippen LogP contribution < -0.4 is 5.73 Å². The summed E-state index contributed by atoms with van der Waals surface area (Å²) >= 11 is 11.9. The molecule has 112 valence electrons. The van der Waals surface area contributed by atoms with Gasteiger partial charge >= 0.3 is 0 Å². The zero-order valence-electron chi connectivity index (χ0n) is 11.6. The van der Waals surface area contributed by atoms with Gasteiger partial charge in [-0.05, 0) is 26.0 Å². The summed E-state index contributed by atoms with van der Waals surface area (Å²) in [6, 6.07) is 2.77. The highest BCUT2D eigenvalue weighted by Gasteiger charge is 2.27. The van der Waals surface area contributed by atoms with Crippen molar-refractivity contribution in [3.05, 3.63) is 33.6 Å². The van der Waals surface area contributed by atoms with Gasteiger partial charge in [0.2, 0.25) is 0 Å². The molecular weight excluding hydrogens is 302 g/mol. The van der Waals surface area contributed by atoms with Crippen molar-refractivity contribution in [3.63, 3.8) is 0 Å². The molecule has 20 heavy (non-hydrogen) atoms. The minimum atomic E-state index is -0.481. The summed E-state index contributed by atoms with van der Waals surface area (Å²) in [5.41, 5.74) is 6.39. The molecule has 1 aliphatic heterocycles. The summed E-state index contributed by atoms with van der Waals surface area (Å²) in [5, 5.41) is 0.449. The molecule has 1 aliphatic rings. The number of hydrogen-bond acceptors (Lipinski definition) is 3. The summed E-state index contributed by atoms with van der Waals surface area (Å²) in [6.07, 6.45) is -0.259. The van der Waals surface area contributed by atoms with Crippen LogP contribution in [0.25, 0.3) is 0 Å². The summed E-state index contributed by atoms with van der Waals surface area (Å²) in [4.78, 5) is 2.21. The summed E-state index contributed by atoms with van der Waals surface area (Å²) in [5.74, 6) is -0.481. The van der Waals surface area contributed by atoms with Gasteiger partial charge in [0.15, 0.2) is 0 Å². The Labute approximate surface area is 128 Å². The molecule has 0 spiro atoms. The van der Waals surface area contributed by atoms with E-state index in [1.807, 2.05) is 13.8 Å². The van der Waals surface area contributed by atoms with E-state index in [1.54, 1.807) is 0 Å². The van der Waals surface area contributed by atoms with E-state index in [2.05, 4.69) is 4.90 Å². The van der Waals surface area contributed by atoms with Crippen molar-refractivity contribution < 1.29 is 9.13 Å². The topological polar surface area (TPSA) is 38.5 Å². The van der Waals surface area contributed by atoms with Crippen molar-refractivity contribution in [1.29, 1.82) is 0 Å². The van der Waals surface area contributed by atoms with Crippen molar-refractivity contribution >= 4 is 23.2 Å². The molecule has 0 bridgehead atoms. The molecule has 1 saturated heterocycles. The first-order valence-electron chi connectivity index (χ1n) is 6.53. The van der Waals surface area contributed by atoms with Gasteiger partial charge in [0, 0.05) is 35.8 Å². The normalized spacial score (nSPS) is 21.2. The van der Waals surface area contributed by atoms with E-state index in [1.165, 1.54) is 12.1 Å². The van der Waals surface area contributed by atoms with Gasteiger partial charge in [-0.2, -0.15) is 0 Å². The Morgan fingerprint density at radius 1 is 1.40 bits per heavy atom. The monoisotopic (exact) mass is 320 g/mol. The van der Waals surface area contributed by atoms with Crippen LogP contribution in [0.5, 0.6) is 0 Å². The second kappa shape index (κ2) is 6.16. The predicted octanol–water partition coefficient (Wildman–Crippen LogP) is 3.24. The molecule has 0 aliphatic carbocycles. The van der Waals surface area contributed by atoms with Crippen LogP contribution >= 0.6 is 23.2 Å². The maximum Gasteiger partial charge on any atom is 0.142 e. The quantitative estimate of drug-likeness (QED) is 0.869. The average Bonchev–Trinajstić information content (AvgIpc) is 2.32. The molecular formula is C14H19Cl2FN2O. The highest BCUT2D eigenvalue weighted by Crippen LogP contribution is 2.32. The lowest BCUT2D eigenvalue weighted by Crippen LogP contribution is -2.49. The minimum Gasteiger partial charge on any atom is -0.371 e. The van der Waals surface area contributed by atoms with E-state index in [4.69, 9.17) is 33.7 Å². The number of benzene rings is 1. The highest BCUT2D eigenvalue weighted by molar-refractivity contribution is 6.35. The zero-order chi connectivity index (χ0) is 14.9. The van der Waals surface area contributed by atoms with Crippen LogP contribution in [0.15, 0.2) is 12.1 Å². The molecule has 2 rings (SSSR count). The van der Waals surface area contributed by atoms with E-state index in [-0.39, 0.29) is 16.7 Å². The smallest absolute Gasteiger partial charge is 0.142 e. The molecule has 1 fully saturated rings. The third kappa shape index (κ3) is 4.06. The average molecular weight is 321 g/mol. The van der Waals surface area contributed by atoms with Crippen LogP contribution in [-0.2, 0) is 4.74 Å². The molecule has 1 aromatic rings. The van der Waals surface area contributed by atoms with Gasteiger partial charge in [-0.3, -0.25) is 4.90 Å². The highest BCUT2D eigenvalue weighted by atomic mass is 35.5. The molecule has 3 nitrogen and oxygen atoms in total. The van der Waals surface area contributed by atoms with Crippen molar-refractivity contribution in [2.24, 2.45) is 5.73 Å². The zero-order valence-corrected chi connectivity index (χ0v) is 13.1. The number of nitrogens with two attached hydrogens (primary N) is 1. The first kappa shape index (κ1) is 16.0. The van der Waals surface area contributed by atoms with Crippen LogP contribution in [0, 0.1) is 5.82 Å². The van der Waals surface area contributed by atoms with E-state index in [0.29, 0.717) is 23.7 Å². The van der Waals surface area contributed by atoms with Gasteiger partial charge in [0.25, 0.3) is 0 Å². The predicted molar refractivity (Wildman–Crippen MR) is 79.8 cm³/mol. The fourth-order valence-electron chi connectivity index (χ4n) is 2.40. The molecule has 0 radical (unpaired) electrons. The first-order valence-corrected chi connectivity index (χ1v) is 7.29. The molecule has 0 amide bonds. The second-order valence-electron chi connectivity index (χ2n) is 5.87. The Morgan fingerprint density at radius 3 is 2.75 bits per heavy atom. The standard InChI is InChI=1S/C14H19Cl2FN2O/c1-14(2,18)8-19-3-4-20-13(7-19)9-5-12(17)11(16)6-10(9)15/h5-6,13H,3-4,7-8,18H2,1-2H3. The maximum atomic E-state index is 13.6. The molecule has 2 N–H and O–H groups in total. The first-order chi connectivity index (χ1) is 9.26. The second-order valence-corrected chi connectivity index (χ2v) is 6.69. The Hall–Kier alpha value is -0.390. The third-order valence-electron chi connectivity index (χ3n) is 3.17.